The topological polar surface area (TPSA) is 91.7 Å². The standard InChI is InChI=1S/C18H22N6O/c25-15-8-11(9-24-6-5-19-10-24)7-14(15)21-18-13-3-4-20-17(13)22-16(23-18)12-1-2-12/h3-6,10-12,14-15,25H,1-2,7-9H2,(H2,20,21,22,23)/t11?,14-,15-/m1/s1. The molecule has 7 nitrogen and oxygen atoms in total. The van der Waals surface area contributed by atoms with Crippen LogP contribution in [0.3, 0.4) is 0 Å². The quantitative estimate of drug-likeness (QED) is 0.664. The molecule has 3 heterocycles. The van der Waals surface area contributed by atoms with E-state index in [1.54, 1.807) is 6.20 Å². The second-order valence-electron chi connectivity index (χ2n) is 7.36. The number of fused-ring (bicyclic) bond motifs is 1. The molecule has 0 saturated heterocycles. The van der Waals surface area contributed by atoms with Crippen molar-refractivity contribution < 1.29 is 5.11 Å². The predicted octanol–water partition coefficient (Wildman–Crippen LogP) is 2.28. The Balaban J connectivity index is 1.36. The van der Waals surface area contributed by atoms with Crippen molar-refractivity contribution in [2.75, 3.05) is 5.32 Å². The van der Waals surface area contributed by atoms with Crippen LogP contribution in [0.4, 0.5) is 5.82 Å². The average Bonchev–Trinajstić information content (AvgIpc) is 2.98. The highest BCUT2D eigenvalue weighted by Crippen LogP contribution is 2.39. The second kappa shape index (κ2) is 5.84. The van der Waals surface area contributed by atoms with Gasteiger partial charge in [-0.15, -0.1) is 0 Å². The van der Waals surface area contributed by atoms with E-state index in [9.17, 15) is 5.11 Å². The van der Waals surface area contributed by atoms with Crippen molar-refractivity contribution in [1.29, 1.82) is 0 Å². The Morgan fingerprint density at radius 2 is 2.20 bits per heavy atom. The van der Waals surface area contributed by atoms with Crippen LogP contribution in [-0.2, 0) is 6.54 Å². The first-order valence-corrected chi connectivity index (χ1v) is 9.01. The van der Waals surface area contributed by atoms with Gasteiger partial charge in [-0.1, -0.05) is 0 Å². The summed E-state index contributed by atoms with van der Waals surface area (Å²) in [4.78, 5) is 16.7. The van der Waals surface area contributed by atoms with Crippen molar-refractivity contribution in [3.63, 3.8) is 0 Å². The van der Waals surface area contributed by atoms with Crippen LogP contribution in [0.15, 0.2) is 31.0 Å². The molecule has 0 bridgehead atoms. The summed E-state index contributed by atoms with van der Waals surface area (Å²) in [5.74, 6) is 2.70. The lowest BCUT2D eigenvalue weighted by Gasteiger charge is -2.18. The molecule has 130 valence electrons. The summed E-state index contributed by atoms with van der Waals surface area (Å²) in [5.41, 5.74) is 0.877. The van der Waals surface area contributed by atoms with Crippen LogP contribution in [0.25, 0.3) is 11.0 Å². The van der Waals surface area contributed by atoms with E-state index in [-0.39, 0.29) is 12.1 Å². The minimum Gasteiger partial charge on any atom is -0.391 e. The van der Waals surface area contributed by atoms with E-state index in [0.29, 0.717) is 11.8 Å². The smallest absolute Gasteiger partial charge is 0.143 e. The number of anilines is 1. The third-order valence-corrected chi connectivity index (χ3v) is 5.35. The van der Waals surface area contributed by atoms with Gasteiger partial charge in [-0.3, -0.25) is 0 Å². The molecule has 0 spiro atoms. The van der Waals surface area contributed by atoms with Crippen LogP contribution in [0.1, 0.15) is 37.4 Å². The molecule has 0 aromatic carbocycles. The molecule has 1 unspecified atom stereocenters. The van der Waals surface area contributed by atoms with Crippen molar-refractivity contribution in [3.8, 4) is 0 Å². The van der Waals surface area contributed by atoms with Crippen molar-refractivity contribution >= 4 is 16.9 Å². The van der Waals surface area contributed by atoms with E-state index in [1.165, 1.54) is 12.8 Å². The fraction of sp³-hybridized carbons (Fsp3) is 0.500. The minimum absolute atomic E-state index is 0.0218. The van der Waals surface area contributed by atoms with Crippen molar-refractivity contribution in [2.45, 2.75) is 50.3 Å². The molecule has 5 rings (SSSR count). The van der Waals surface area contributed by atoms with Crippen LogP contribution < -0.4 is 5.32 Å². The molecule has 0 radical (unpaired) electrons. The Kier molecular flexibility index (Phi) is 3.48. The number of aromatic nitrogens is 5. The zero-order chi connectivity index (χ0) is 16.8. The highest BCUT2D eigenvalue weighted by atomic mass is 16.3. The van der Waals surface area contributed by atoms with Crippen molar-refractivity contribution in [2.24, 2.45) is 5.92 Å². The third-order valence-electron chi connectivity index (χ3n) is 5.35. The number of imidazole rings is 1. The molecular weight excluding hydrogens is 316 g/mol. The number of aromatic amines is 1. The zero-order valence-corrected chi connectivity index (χ0v) is 14.0. The second-order valence-corrected chi connectivity index (χ2v) is 7.36. The summed E-state index contributed by atoms with van der Waals surface area (Å²) in [6, 6.07) is 2.02. The first kappa shape index (κ1) is 14.9. The fourth-order valence-electron chi connectivity index (χ4n) is 3.88. The van der Waals surface area contributed by atoms with E-state index in [1.807, 2.05) is 24.8 Å². The normalized spacial score (nSPS) is 26.4. The molecule has 25 heavy (non-hydrogen) atoms. The van der Waals surface area contributed by atoms with E-state index in [4.69, 9.17) is 4.98 Å². The van der Waals surface area contributed by atoms with Crippen LogP contribution in [0.2, 0.25) is 0 Å². The Hall–Kier alpha value is -2.41. The van der Waals surface area contributed by atoms with Crippen LogP contribution >= 0.6 is 0 Å². The molecule has 3 atom stereocenters. The molecule has 7 heteroatoms. The van der Waals surface area contributed by atoms with E-state index in [0.717, 1.165) is 42.1 Å². The number of nitrogens with zero attached hydrogens (tertiary/aromatic N) is 4. The molecule has 3 aromatic rings. The number of nitrogens with one attached hydrogen (secondary N) is 2. The van der Waals surface area contributed by atoms with E-state index in [2.05, 4.69) is 24.8 Å². The number of aliphatic hydroxyl groups excluding tert-OH is 1. The number of rotatable bonds is 5. The summed E-state index contributed by atoms with van der Waals surface area (Å²) in [7, 11) is 0. The SMILES string of the molecule is O[C@@H]1CC(Cn2ccnc2)C[C@H]1Nc1nc(C2CC2)nc2[nH]ccc12. The molecule has 3 aromatic heterocycles. The maximum atomic E-state index is 10.5. The van der Waals surface area contributed by atoms with Gasteiger partial charge in [0.15, 0.2) is 0 Å². The number of hydrogen-bond donors (Lipinski definition) is 3. The summed E-state index contributed by atoms with van der Waals surface area (Å²) in [6.07, 6.45) is 11.2. The maximum Gasteiger partial charge on any atom is 0.143 e. The molecule has 0 amide bonds. The number of aliphatic hydroxyl groups is 1. The van der Waals surface area contributed by atoms with Gasteiger partial charge in [0, 0.05) is 31.1 Å². The maximum absolute atomic E-state index is 10.5. The summed E-state index contributed by atoms with van der Waals surface area (Å²) in [5, 5.41) is 15.0. The highest BCUT2D eigenvalue weighted by molar-refractivity contribution is 5.87. The van der Waals surface area contributed by atoms with Gasteiger partial charge in [-0.2, -0.15) is 0 Å². The summed E-state index contributed by atoms with van der Waals surface area (Å²) < 4.78 is 2.08. The van der Waals surface area contributed by atoms with E-state index >= 15 is 0 Å². The molecule has 0 aliphatic heterocycles. The largest absolute Gasteiger partial charge is 0.391 e. The summed E-state index contributed by atoms with van der Waals surface area (Å²) >= 11 is 0. The van der Waals surface area contributed by atoms with Gasteiger partial charge < -0.3 is 20.0 Å². The van der Waals surface area contributed by atoms with Gasteiger partial charge in [0.1, 0.15) is 17.3 Å². The monoisotopic (exact) mass is 338 g/mol. The first-order chi connectivity index (χ1) is 12.3. The predicted molar refractivity (Wildman–Crippen MR) is 94.2 cm³/mol. The number of hydrogen-bond acceptors (Lipinski definition) is 5. The van der Waals surface area contributed by atoms with E-state index < -0.39 is 0 Å². The number of H-pyrrole nitrogens is 1. The van der Waals surface area contributed by atoms with Gasteiger partial charge in [0.2, 0.25) is 0 Å². The molecular formula is C18H22N6O. The molecule has 2 fully saturated rings. The Labute approximate surface area is 145 Å². The molecule has 2 aliphatic carbocycles. The van der Waals surface area contributed by atoms with Crippen LogP contribution in [0.5, 0.6) is 0 Å². The molecule has 3 N–H and O–H groups in total. The van der Waals surface area contributed by atoms with Gasteiger partial charge in [-0.05, 0) is 37.7 Å². The Bertz CT molecular complexity index is 869. The Morgan fingerprint density at radius 3 is 3.00 bits per heavy atom. The lowest BCUT2D eigenvalue weighted by Crippen LogP contribution is -2.28. The van der Waals surface area contributed by atoms with Crippen LogP contribution in [-0.4, -0.2) is 41.8 Å². The third kappa shape index (κ3) is 2.89. The molecule has 2 saturated carbocycles. The first-order valence-electron chi connectivity index (χ1n) is 9.01. The lowest BCUT2D eigenvalue weighted by atomic mass is 10.1. The van der Waals surface area contributed by atoms with Gasteiger partial charge in [0.05, 0.1) is 23.9 Å². The zero-order valence-electron chi connectivity index (χ0n) is 14.0. The fourth-order valence-corrected chi connectivity index (χ4v) is 3.88. The summed E-state index contributed by atoms with van der Waals surface area (Å²) in [6.45, 7) is 0.895. The molecule has 2 aliphatic rings. The average molecular weight is 338 g/mol. The highest BCUT2D eigenvalue weighted by Gasteiger charge is 2.34. The minimum atomic E-state index is -0.359. The van der Waals surface area contributed by atoms with Gasteiger partial charge in [-0.25, -0.2) is 15.0 Å². The van der Waals surface area contributed by atoms with Gasteiger partial charge in [0.25, 0.3) is 0 Å². The van der Waals surface area contributed by atoms with Gasteiger partial charge >= 0.3 is 0 Å². The Morgan fingerprint density at radius 1 is 1.28 bits per heavy atom. The lowest BCUT2D eigenvalue weighted by molar-refractivity contribution is 0.166. The van der Waals surface area contributed by atoms with Crippen molar-refractivity contribution in [1.82, 2.24) is 24.5 Å². The van der Waals surface area contributed by atoms with Crippen molar-refractivity contribution in [3.05, 3.63) is 36.8 Å². The van der Waals surface area contributed by atoms with Crippen LogP contribution in [0, 0.1) is 5.92 Å².